The number of aliphatic hydroxyl groups excluding tert-OH is 1. The number of aliphatic hydroxyl groups is 1. The zero-order valence-corrected chi connectivity index (χ0v) is 14.0. The van der Waals surface area contributed by atoms with Gasteiger partial charge in [0.25, 0.3) is 0 Å². The number of likely N-dealkylation sites (tertiary alicyclic amines) is 1. The fraction of sp³-hybridized carbons (Fsp3) is 0.938. The lowest BCUT2D eigenvalue weighted by Crippen LogP contribution is -2.49. The second-order valence-electron chi connectivity index (χ2n) is 7.15. The molecule has 0 radical (unpaired) electrons. The Hall–Kier alpha value is -0.810. The highest BCUT2D eigenvalue weighted by molar-refractivity contribution is 5.68. The summed E-state index contributed by atoms with van der Waals surface area (Å²) in [5.74, 6) is 0.372. The summed E-state index contributed by atoms with van der Waals surface area (Å²) >= 11 is 0. The van der Waals surface area contributed by atoms with Crippen molar-refractivity contribution in [1.82, 2.24) is 10.2 Å². The summed E-state index contributed by atoms with van der Waals surface area (Å²) < 4.78 is 5.43. The molecule has 1 rings (SSSR count). The quantitative estimate of drug-likeness (QED) is 0.739. The van der Waals surface area contributed by atoms with Gasteiger partial charge in [-0.2, -0.15) is 0 Å². The van der Waals surface area contributed by atoms with E-state index in [9.17, 15) is 4.79 Å². The van der Waals surface area contributed by atoms with E-state index in [1.807, 2.05) is 25.7 Å². The second kappa shape index (κ2) is 8.59. The van der Waals surface area contributed by atoms with Gasteiger partial charge < -0.3 is 20.1 Å². The molecule has 1 amide bonds. The Morgan fingerprint density at radius 1 is 1.48 bits per heavy atom. The number of ether oxygens (including phenoxy) is 1. The molecule has 1 aliphatic heterocycles. The third kappa shape index (κ3) is 7.67. The average Bonchev–Trinajstić information content (AvgIpc) is 2.41. The Bertz CT molecular complexity index is 315. The average molecular weight is 300 g/mol. The van der Waals surface area contributed by atoms with E-state index in [2.05, 4.69) is 12.2 Å². The molecule has 124 valence electrons. The number of hydrogen-bond acceptors (Lipinski definition) is 4. The third-order valence-corrected chi connectivity index (χ3v) is 3.69. The van der Waals surface area contributed by atoms with Crippen molar-refractivity contribution in [2.24, 2.45) is 5.92 Å². The SMILES string of the molecule is CC(CO)CCCNC1CCCN(C(=O)OC(C)(C)C)C1. The van der Waals surface area contributed by atoms with E-state index in [1.165, 1.54) is 0 Å². The molecule has 1 heterocycles. The Morgan fingerprint density at radius 3 is 2.81 bits per heavy atom. The van der Waals surface area contributed by atoms with E-state index in [4.69, 9.17) is 9.84 Å². The number of carbonyl (C=O) groups is 1. The van der Waals surface area contributed by atoms with Gasteiger partial charge in [0.15, 0.2) is 0 Å². The van der Waals surface area contributed by atoms with Crippen molar-refractivity contribution >= 4 is 6.09 Å². The fourth-order valence-corrected chi connectivity index (χ4v) is 2.48. The van der Waals surface area contributed by atoms with E-state index in [0.29, 0.717) is 12.0 Å². The van der Waals surface area contributed by atoms with Gasteiger partial charge in [-0.15, -0.1) is 0 Å². The number of hydrogen-bond donors (Lipinski definition) is 2. The second-order valence-corrected chi connectivity index (χ2v) is 7.15. The molecule has 5 nitrogen and oxygen atoms in total. The molecule has 2 unspecified atom stereocenters. The molecule has 1 fully saturated rings. The molecular weight excluding hydrogens is 268 g/mol. The summed E-state index contributed by atoms with van der Waals surface area (Å²) in [6.07, 6.45) is 4.01. The Kier molecular flexibility index (Phi) is 7.46. The number of nitrogens with one attached hydrogen (secondary N) is 1. The zero-order chi connectivity index (χ0) is 15.9. The zero-order valence-electron chi connectivity index (χ0n) is 14.0. The molecule has 21 heavy (non-hydrogen) atoms. The smallest absolute Gasteiger partial charge is 0.410 e. The number of rotatable bonds is 6. The lowest BCUT2D eigenvalue weighted by Gasteiger charge is -2.34. The molecule has 0 aromatic carbocycles. The largest absolute Gasteiger partial charge is 0.444 e. The normalized spacial score (nSPS) is 21.2. The van der Waals surface area contributed by atoms with Crippen LogP contribution in [0.15, 0.2) is 0 Å². The molecule has 0 aliphatic carbocycles. The molecule has 0 aromatic heterocycles. The molecule has 0 spiro atoms. The molecule has 0 saturated carbocycles. The van der Waals surface area contributed by atoms with Crippen LogP contribution in [-0.2, 0) is 4.74 Å². The minimum atomic E-state index is -0.433. The van der Waals surface area contributed by atoms with Crippen molar-refractivity contribution in [3.63, 3.8) is 0 Å². The summed E-state index contributed by atoms with van der Waals surface area (Å²) in [4.78, 5) is 13.9. The highest BCUT2D eigenvalue weighted by Crippen LogP contribution is 2.15. The molecule has 1 aliphatic rings. The first-order chi connectivity index (χ1) is 9.81. The standard InChI is InChI=1S/C16H32N2O3/c1-13(12-19)7-5-9-17-14-8-6-10-18(11-14)15(20)21-16(2,3)4/h13-14,17,19H,5-12H2,1-4H3. The molecule has 0 aromatic rings. The Labute approximate surface area is 129 Å². The predicted molar refractivity (Wildman–Crippen MR) is 84.3 cm³/mol. The summed E-state index contributed by atoms with van der Waals surface area (Å²) in [5, 5.41) is 12.5. The van der Waals surface area contributed by atoms with Crippen LogP contribution in [0.1, 0.15) is 53.4 Å². The van der Waals surface area contributed by atoms with Crippen LogP contribution >= 0.6 is 0 Å². The van der Waals surface area contributed by atoms with Gasteiger partial charge in [-0.05, 0) is 58.9 Å². The number of carbonyl (C=O) groups excluding carboxylic acids is 1. The van der Waals surface area contributed by atoms with Crippen LogP contribution in [0.5, 0.6) is 0 Å². The first-order valence-electron chi connectivity index (χ1n) is 8.14. The number of nitrogens with zero attached hydrogens (tertiary/aromatic N) is 1. The van der Waals surface area contributed by atoms with E-state index in [1.54, 1.807) is 0 Å². The van der Waals surface area contributed by atoms with Gasteiger partial charge in [0.1, 0.15) is 5.60 Å². The maximum atomic E-state index is 12.1. The van der Waals surface area contributed by atoms with Gasteiger partial charge in [-0.1, -0.05) is 6.92 Å². The summed E-state index contributed by atoms with van der Waals surface area (Å²) in [7, 11) is 0. The van der Waals surface area contributed by atoms with Gasteiger partial charge in [-0.3, -0.25) is 0 Å². The van der Waals surface area contributed by atoms with Gasteiger partial charge in [0, 0.05) is 25.7 Å². The lowest BCUT2D eigenvalue weighted by molar-refractivity contribution is 0.0187. The Morgan fingerprint density at radius 2 is 2.19 bits per heavy atom. The summed E-state index contributed by atoms with van der Waals surface area (Å²) in [5.41, 5.74) is -0.433. The monoisotopic (exact) mass is 300 g/mol. The van der Waals surface area contributed by atoms with Crippen molar-refractivity contribution in [2.75, 3.05) is 26.2 Å². The summed E-state index contributed by atoms with van der Waals surface area (Å²) in [6.45, 7) is 10.5. The maximum absolute atomic E-state index is 12.1. The first kappa shape index (κ1) is 18.2. The fourth-order valence-electron chi connectivity index (χ4n) is 2.48. The van der Waals surface area contributed by atoms with Crippen molar-refractivity contribution in [3.8, 4) is 0 Å². The highest BCUT2D eigenvalue weighted by atomic mass is 16.6. The van der Waals surface area contributed by atoms with Crippen LogP contribution in [-0.4, -0.2) is 54.0 Å². The molecule has 1 saturated heterocycles. The van der Waals surface area contributed by atoms with Crippen LogP contribution in [0.4, 0.5) is 4.79 Å². The van der Waals surface area contributed by atoms with Crippen LogP contribution in [0, 0.1) is 5.92 Å². The number of amides is 1. The van der Waals surface area contributed by atoms with E-state index in [0.717, 1.165) is 45.3 Å². The van der Waals surface area contributed by atoms with E-state index >= 15 is 0 Å². The van der Waals surface area contributed by atoms with E-state index < -0.39 is 5.60 Å². The highest BCUT2D eigenvalue weighted by Gasteiger charge is 2.27. The van der Waals surface area contributed by atoms with Crippen molar-refractivity contribution in [2.45, 2.75) is 65.0 Å². The molecule has 0 bridgehead atoms. The molecular formula is C16H32N2O3. The number of piperidine rings is 1. The lowest BCUT2D eigenvalue weighted by atomic mass is 10.0. The molecule has 2 atom stereocenters. The molecule has 5 heteroatoms. The minimum absolute atomic E-state index is 0.206. The van der Waals surface area contributed by atoms with Crippen LogP contribution in [0.25, 0.3) is 0 Å². The summed E-state index contributed by atoms with van der Waals surface area (Å²) in [6, 6.07) is 0.357. The third-order valence-electron chi connectivity index (χ3n) is 3.69. The van der Waals surface area contributed by atoms with Crippen molar-refractivity contribution in [1.29, 1.82) is 0 Å². The van der Waals surface area contributed by atoms with Crippen LogP contribution in [0.2, 0.25) is 0 Å². The van der Waals surface area contributed by atoms with Crippen LogP contribution < -0.4 is 5.32 Å². The molecule has 2 N–H and O–H groups in total. The van der Waals surface area contributed by atoms with Crippen molar-refractivity contribution in [3.05, 3.63) is 0 Å². The van der Waals surface area contributed by atoms with Crippen LogP contribution in [0.3, 0.4) is 0 Å². The van der Waals surface area contributed by atoms with Gasteiger partial charge in [-0.25, -0.2) is 4.79 Å². The predicted octanol–water partition coefficient (Wildman–Crippen LogP) is 2.38. The van der Waals surface area contributed by atoms with Gasteiger partial charge in [0.2, 0.25) is 0 Å². The minimum Gasteiger partial charge on any atom is -0.444 e. The van der Waals surface area contributed by atoms with Gasteiger partial charge >= 0.3 is 6.09 Å². The topological polar surface area (TPSA) is 61.8 Å². The Balaban J connectivity index is 2.27. The maximum Gasteiger partial charge on any atom is 0.410 e. The first-order valence-corrected chi connectivity index (χ1v) is 8.14. The van der Waals surface area contributed by atoms with Crippen molar-refractivity contribution < 1.29 is 14.6 Å². The van der Waals surface area contributed by atoms with Gasteiger partial charge in [0.05, 0.1) is 0 Å². The van der Waals surface area contributed by atoms with E-state index in [-0.39, 0.29) is 12.7 Å².